The third kappa shape index (κ3) is 10.1. The van der Waals surface area contributed by atoms with Crippen LogP contribution in [0.25, 0.3) is 0 Å². The number of benzene rings is 2. The summed E-state index contributed by atoms with van der Waals surface area (Å²) in [6, 6.07) is 9.51. The molecule has 2 aromatic carbocycles. The van der Waals surface area contributed by atoms with Gasteiger partial charge in [-0.15, -0.1) is 0 Å². The standard InChI is InChI=1S/C27H34N4O8/c1-15(2)23(27(38)39)31-26(37)21(12-16-6-4-3-5-7-16)30-25(36)20(13-17-8-10-18(32)11-9-17)29-24(35)19(28)14-22(33)34/h3-11,15,19-21,23,32H,12-14,28H2,1-2H3,(H,29,35)(H,30,36)(H,31,37)(H,33,34)(H,38,39). The Kier molecular flexibility index (Phi) is 11.4. The fraction of sp³-hybridized carbons (Fsp3) is 0.370. The van der Waals surface area contributed by atoms with Crippen molar-refractivity contribution in [1.82, 2.24) is 16.0 Å². The number of carboxylic acid groups (broad SMARTS) is 2. The van der Waals surface area contributed by atoms with Crippen LogP contribution in [0.2, 0.25) is 0 Å². The molecule has 210 valence electrons. The maximum atomic E-state index is 13.4. The fourth-order valence-corrected chi connectivity index (χ4v) is 3.74. The predicted molar refractivity (Wildman–Crippen MR) is 140 cm³/mol. The molecule has 8 N–H and O–H groups in total. The summed E-state index contributed by atoms with van der Waals surface area (Å²) in [5, 5.41) is 35.5. The Balaban J connectivity index is 2.33. The molecule has 0 aromatic heterocycles. The van der Waals surface area contributed by atoms with Crippen molar-refractivity contribution in [3.8, 4) is 5.75 Å². The Hall–Kier alpha value is -4.45. The number of phenols is 1. The molecule has 2 aromatic rings. The summed E-state index contributed by atoms with van der Waals surface area (Å²) in [5.74, 6) is -5.35. The van der Waals surface area contributed by atoms with Crippen LogP contribution in [0.3, 0.4) is 0 Å². The number of hydrogen-bond acceptors (Lipinski definition) is 7. The molecule has 0 aliphatic rings. The van der Waals surface area contributed by atoms with Crippen LogP contribution in [0, 0.1) is 5.92 Å². The lowest BCUT2D eigenvalue weighted by Crippen LogP contribution is -2.58. The van der Waals surface area contributed by atoms with Gasteiger partial charge in [0, 0.05) is 12.8 Å². The summed E-state index contributed by atoms with van der Waals surface area (Å²) < 4.78 is 0. The van der Waals surface area contributed by atoms with Crippen molar-refractivity contribution in [2.75, 3.05) is 0 Å². The third-order valence-electron chi connectivity index (χ3n) is 5.89. The van der Waals surface area contributed by atoms with Gasteiger partial charge in [0.1, 0.15) is 23.9 Å². The van der Waals surface area contributed by atoms with Crippen LogP contribution in [-0.4, -0.2) is 69.1 Å². The molecule has 0 fully saturated rings. The SMILES string of the molecule is CC(C)C(NC(=O)C(Cc1ccccc1)NC(=O)C(Cc1ccc(O)cc1)NC(=O)C(N)CC(=O)O)C(=O)O. The maximum absolute atomic E-state index is 13.4. The largest absolute Gasteiger partial charge is 0.508 e. The molecule has 3 amide bonds. The van der Waals surface area contributed by atoms with E-state index in [0.29, 0.717) is 11.1 Å². The summed E-state index contributed by atoms with van der Waals surface area (Å²) >= 11 is 0. The Labute approximate surface area is 225 Å². The highest BCUT2D eigenvalue weighted by atomic mass is 16.4. The number of carbonyl (C=O) groups excluding carboxylic acids is 3. The van der Waals surface area contributed by atoms with Crippen LogP contribution in [0.1, 0.15) is 31.4 Å². The Morgan fingerprint density at radius 1 is 0.744 bits per heavy atom. The summed E-state index contributed by atoms with van der Waals surface area (Å²) in [6.07, 6.45) is -0.702. The molecular weight excluding hydrogens is 508 g/mol. The van der Waals surface area contributed by atoms with Gasteiger partial charge >= 0.3 is 11.9 Å². The molecule has 0 bridgehead atoms. The van der Waals surface area contributed by atoms with E-state index in [-0.39, 0.29) is 18.6 Å². The van der Waals surface area contributed by atoms with Crippen LogP contribution in [-0.2, 0) is 36.8 Å². The van der Waals surface area contributed by atoms with Crippen molar-refractivity contribution in [1.29, 1.82) is 0 Å². The number of carbonyl (C=O) groups is 5. The second-order valence-electron chi connectivity index (χ2n) is 9.46. The first-order valence-corrected chi connectivity index (χ1v) is 12.3. The Bertz CT molecular complexity index is 1150. The van der Waals surface area contributed by atoms with Gasteiger partial charge in [0.25, 0.3) is 0 Å². The molecule has 4 unspecified atom stereocenters. The van der Waals surface area contributed by atoms with Gasteiger partial charge in [0.15, 0.2) is 0 Å². The molecule has 12 heteroatoms. The highest BCUT2D eigenvalue weighted by molar-refractivity contribution is 5.95. The highest BCUT2D eigenvalue weighted by Gasteiger charge is 2.32. The molecule has 39 heavy (non-hydrogen) atoms. The molecular formula is C27H34N4O8. The Morgan fingerprint density at radius 2 is 1.23 bits per heavy atom. The molecule has 0 radical (unpaired) electrons. The quantitative estimate of drug-likeness (QED) is 0.173. The van der Waals surface area contributed by atoms with Crippen molar-refractivity contribution >= 4 is 29.7 Å². The molecule has 0 spiro atoms. The van der Waals surface area contributed by atoms with E-state index in [0.717, 1.165) is 0 Å². The first kappa shape index (κ1) is 30.8. The van der Waals surface area contributed by atoms with Crippen molar-refractivity contribution in [2.45, 2.75) is 57.3 Å². The van der Waals surface area contributed by atoms with Crippen LogP contribution in [0.5, 0.6) is 5.75 Å². The lowest BCUT2D eigenvalue weighted by molar-refractivity contribution is -0.143. The first-order valence-electron chi connectivity index (χ1n) is 12.3. The van der Waals surface area contributed by atoms with Gasteiger partial charge in [-0.25, -0.2) is 4.79 Å². The van der Waals surface area contributed by atoms with Gasteiger partial charge < -0.3 is 37.0 Å². The van der Waals surface area contributed by atoms with E-state index in [2.05, 4.69) is 16.0 Å². The van der Waals surface area contributed by atoms with Gasteiger partial charge in [0.05, 0.1) is 12.5 Å². The topological polar surface area (TPSA) is 208 Å². The molecule has 0 saturated carbocycles. The van der Waals surface area contributed by atoms with E-state index in [1.807, 2.05) is 0 Å². The number of carboxylic acids is 2. The number of amides is 3. The molecule has 0 saturated heterocycles. The van der Waals surface area contributed by atoms with Crippen LogP contribution in [0.4, 0.5) is 0 Å². The van der Waals surface area contributed by atoms with E-state index >= 15 is 0 Å². The minimum atomic E-state index is -1.43. The summed E-state index contributed by atoms with van der Waals surface area (Å²) in [4.78, 5) is 61.8. The van der Waals surface area contributed by atoms with Crippen LogP contribution >= 0.6 is 0 Å². The molecule has 12 nitrogen and oxygen atoms in total. The number of nitrogens with one attached hydrogen (secondary N) is 3. The summed E-state index contributed by atoms with van der Waals surface area (Å²) in [5.41, 5.74) is 6.91. The van der Waals surface area contributed by atoms with E-state index in [1.165, 1.54) is 24.3 Å². The predicted octanol–water partition coefficient (Wildman–Crippen LogP) is 0.174. The zero-order valence-electron chi connectivity index (χ0n) is 21.7. The fourth-order valence-electron chi connectivity index (χ4n) is 3.74. The second kappa shape index (κ2) is 14.5. The average Bonchev–Trinajstić information content (AvgIpc) is 2.87. The molecule has 2 rings (SSSR count). The zero-order chi connectivity index (χ0) is 29.1. The normalized spacial score (nSPS) is 13.9. The van der Waals surface area contributed by atoms with E-state index < -0.39 is 66.2 Å². The number of phenolic OH excluding ortho intramolecular Hbond substituents is 1. The lowest BCUT2D eigenvalue weighted by atomic mass is 10.0. The van der Waals surface area contributed by atoms with Gasteiger partial charge in [-0.2, -0.15) is 0 Å². The zero-order valence-corrected chi connectivity index (χ0v) is 21.7. The number of nitrogens with two attached hydrogens (primary N) is 1. The first-order chi connectivity index (χ1) is 18.4. The van der Waals surface area contributed by atoms with Crippen LogP contribution in [0.15, 0.2) is 54.6 Å². The van der Waals surface area contributed by atoms with E-state index in [9.17, 15) is 34.2 Å². The molecule has 4 atom stereocenters. The minimum absolute atomic E-state index is 0.00926. The van der Waals surface area contributed by atoms with Crippen molar-refractivity contribution in [3.05, 3.63) is 65.7 Å². The summed E-state index contributed by atoms with van der Waals surface area (Å²) in [6.45, 7) is 3.26. The van der Waals surface area contributed by atoms with Crippen molar-refractivity contribution in [2.24, 2.45) is 11.7 Å². The van der Waals surface area contributed by atoms with Gasteiger partial charge in [-0.05, 0) is 29.2 Å². The van der Waals surface area contributed by atoms with Gasteiger partial charge in [-0.1, -0.05) is 56.3 Å². The third-order valence-corrected chi connectivity index (χ3v) is 5.89. The van der Waals surface area contributed by atoms with E-state index in [1.54, 1.807) is 44.2 Å². The van der Waals surface area contributed by atoms with E-state index in [4.69, 9.17) is 10.8 Å². The number of rotatable bonds is 14. The maximum Gasteiger partial charge on any atom is 0.326 e. The minimum Gasteiger partial charge on any atom is -0.508 e. The second-order valence-corrected chi connectivity index (χ2v) is 9.46. The monoisotopic (exact) mass is 542 g/mol. The molecule has 0 heterocycles. The lowest BCUT2D eigenvalue weighted by Gasteiger charge is -2.26. The Morgan fingerprint density at radius 3 is 1.72 bits per heavy atom. The highest BCUT2D eigenvalue weighted by Crippen LogP contribution is 2.13. The average molecular weight is 543 g/mol. The number of hydrogen-bond donors (Lipinski definition) is 7. The molecule has 0 aliphatic heterocycles. The smallest absolute Gasteiger partial charge is 0.326 e. The number of aliphatic carboxylic acids is 2. The van der Waals surface area contributed by atoms with Gasteiger partial charge in [-0.3, -0.25) is 19.2 Å². The number of aromatic hydroxyl groups is 1. The molecule has 0 aliphatic carbocycles. The van der Waals surface area contributed by atoms with Gasteiger partial charge in [0.2, 0.25) is 17.7 Å². The van der Waals surface area contributed by atoms with Crippen molar-refractivity contribution < 1.29 is 39.3 Å². The van der Waals surface area contributed by atoms with Crippen LogP contribution < -0.4 is 21.7 Å². The van der Waals surface area contributed by atoms with Crippen molar-refractivity contribution in [3.63, 3.8) is 0 Å². The summed E-state index contributed by atoms with van der Waals surface area (Å²) in [7, 11) is 0.